The highest BCUT2D eigenvalue weighted by Crippen LogP contribution is 2.47. The van der Waals surface area contributed by atoms with Gasteiger partial charge in [0.25, 0.3) is 0 Å². The van der Waals surface area contributed by atoms with Crippen LogP contribution in [0.2, 0.25) is 0 Å². The molecule has 1 saturated carbocycles. The summed E-state index contributed by atoms with van der Waals surface area (Å²) in [7, 11) is 0. The topological polar surface area (TPSA) is 20.2 Å². The van der Waals surface area contributed by atoms with E-state index in [2.05, 4.69) is 39.8 Å². The van der Waals surface area contributed by atoms with Gasteiger partial charge in [0.05, 0.1) is 0 Å². The predicted octanol–water partition coefficient (Wildman–Crippen LogP) is 3.63. The van der Waals surface area contributed by atoms with E-state index >= 15 is 0 Å². The zero-order valence-electron chi connectivity index (χ0n) is 10.7. The third-order valence-corrected chi connectivity index (χ3v) is 4.51. The Morgan fingerprint density at radius 3 is 2.47 bits per heavy atom. The molecule has 15 heavy (non-hydrogen) atoms. The summed E-state index contributed by atoms with van der Waals surface area (Å²) in [5.74, 6) is 1.88. The van der Waals surface area contributed by atoms with Crippen molar-refractivity contribution in [2.75, 3.05) is 6.61 Å². The number of rotatable bonds is 4. The van der Waals surface area contributed by atoms with Gasteiger partial charge >= 0.3 is 0 Å². The fourth-order valence-corrected chi connectivity index (χ4v) is 2.50. The van der Waals surface area contributed by atoms with E-state index < -0.39 is 0 Å². The van der Waals surface area contributed by atoms with Crippen LogP contribution in [0.5, 0.6) is 0 Å². The molecule has 0 radical (unpaired) electrons. The maximum atomic E-state index is 9.13. The van der Waals surface area contributed by atoms with Crippen LogP contribution in [0.1, 0.15) is 47.0 Å². The zero-order chi connectivity index (χ0) is 11.5. The molecule has 0 aromatic rings. The van der Waals surface area contributed by atoms with Crippen LogP contribution in [-0.4, -0.2) is 11.7 Å². The van der Waals surface area contributed by atoms with Gasteiger partial charge in [0, 0.05) is 6.61 Å². The largest absolute Gasteiger partial charge is 0.396 e. The number of aliphatic hydroxyl groups excluding tert-OH is 1. The second-order valence-electron chi connectivity index (χ2n) is 5.64. The summed E-state index contributed by atoms with van der Waals surface area (Å²) in [5, 5.41) is 9.13. The van der Waals surface area contributed by atoms with Crippen molar-refractivity contribution in [3.63, 3.8) is 0 Å². The second-order valence-corrected chi connectivity index (χ2v) is 5.64. The van der Waals surface area contributed by atoms with E-state index in [1.807, 2.05) is 0 Å². The van der Waals surface area contributed by atoms with E-state index in [-0.39, 0.29) is 6.61 Å². The molecule has 1 rings (SSSR count). The summed E-state index contributed by atoms with van der Waals surface area (Å²) in [5.41, 5.74) is 0.435. The molecule has 1 N–H and O–H groups in total. The van der Waals surface area contributed by atoms with Crippen LogP contribution in [0.25, 0.3) is 0 Å². The van der Waals surface area contributed by atoms with Crippen molar-refractivity contribution < 1.29 is 5.11 Å². The third kappa shape index (κ3) is 2.84. The Labute approximate surface area is 94.6 Å². The van der Waals surface area contributed by atoms with Crippen LogP contribution in [-0.2, 0) is 0 Å². The molecular formula is C14H26O. The molecule has 3 unspecified atom stereocenters. The van der Waals surface area contributed by atoms with Gasteiger partial charge < -0.3 is 5.11 Å². The first-order valence-corrected chi connectivity index (χ1v) is 6.31. The van der Waals surface area contributed by atoms with E-state index in [1.54, 1.807) is 0 Å². The minimum Gasteiger partial charge on any atom is -0.396 e. The fourth-order valence-electron chi connectivity index (χ4n) is 2.50. The molecule has 0 heterocycles. The highest BCUT2D eigenvalue weighted by molar-refractivity contribution is 5.02. The highest BCUT2D eigenvalue weighted by atomic mass is 16.3. The number of allylic oxidation sites excluding steroid dienone is 1. The van der Waals surface area contributed by atoms with Crippen LogP contribution in [0.4, 0.5) is 0 Å². The van der Waals surface area contributed by atoms with Crippen LogP contribution in [0.3, 0.4) is 0 Å². The predicted molar refractivity (Wildman–Crippen MR) is 65.7 cm³/mol. The zero-order valence-corrected chi connectivity index (χ0v) is 10.7. The molecule has 0 amide bonds. The molecule has 3 atom stereocenters. The molecule has 0 bridgehead atoms. The van der Waals surface area contributed by atoms with Crippen LogP contribution in [0, 0.1) is 23.2 Å². The van der Waals surface area contributed by atoms with Crippen molar-refractivity contribution in [3.05, 3.63) is 12.2 Å². The van der Waals surface area contributed by atoms with E-state index in [0.717, 1.165) is 12.3 Å². The number of aliphatic hydroxyl groups is 1. The maximum absolute atomic E-state index is 9.13. The molecule has 0 aliphatic heterocycles. The van der Waals surface area contributed by atoms with Gasteiger partial charge in [0.15, 0.2) is 0 Å². The summed E-state index contributed by atoms with van der Waals surface area (Å²) in [6, 6.07) is 0. The van der Waals surface area contributed by atoms with Crippen molar-refractivity contribution in [3.8, 4) is 0 Å². The normalized spacial score (nSPS) is 32.3. The molecule has 1 aliphatic carbocycles. The summed E-state index contributed by atoms with van der Waals surface area (Å²) in [6.07, 6.45) is 8.28. The molecule has 1 nitrogen and oxygen atoms in total. The molecule has 0 spiro atoms. The highest BCUT2D eigenvalue weighted by Gasteiger charge is 2.38. The molecule has 0 aromatic heterocycles. The van der Waals surface area contributed by atoms with Gasteiger partial charge in [0.2, 0.25) is 0 Å². The molecular weight excluding hydrogens is 184 g/mol. The Hall–Kier alpha value is -0.300. The summed E-state index contributed by atoms with van der Waals surface area (Å²) < 4.78 is 0. The Balaban J connectivity index is 2.59. The molecule has 1 heteroatoms. The lowest BCUT2D eigenvalue weighted by atomic mass is 9.76. The average molecular weight is 210 g/mol. The van der Waals surface area contributed by atoms with Crippen LogP contribution >= 0.6 is 0 Å². The SMILES string of the molecule is CCC(C=CC1CCC(C)C1(C)C)CO. The van der Waals surface area contributed by atoms with Crippen molar-refractivity contribution in [2.24, 2.45) is 23.2 Å². The Kier molecular flexibility index (Phi) is 4.39. The van der Waals surface area contributed by atoms with Gasteiger partial charge in [0.1, 0.15) is 0 Å². The molecule has 0 saturated heterocycles. The average Bonchev–Trinajstić information content (AvgIpc) is 2.45. The molecule has 88 valence electrons. The molecule has 1 fully saturated rings. The monoisotopic (exact) mass is 210 g/mol. The Bertz CT molecular complexity index is 213. The fraction of sp³-hybridized carbons (Fsp3) is 0.857. The van der Waals surface area contributed by atoms with E-state index in [9.17, 15) is 0 Å². The quantitative estimate of drug-likeness (QED) is 0.702. The maximum Gasteiger partial charge on any atom is 0.0493 e. The first-order valence-electron chi connectivity index (χ1n) is 6.31. The van der Waals surface area contributed by atoms with Crippen molar-refractivity contribution >= 4 is 0 Å². The minimum atomic E-state index is 0.287. The van der Waals surface area contributed by atoms with Gasteiger partial charge in [-0.3, -0.25) is 0 Å². The van der Waals surface area contributed by atoms with E-state index in [4.69, 9.17) is 5.11 Å². The minimum absolute atomic E-state index is 0.287. The smallest absolute Gasteiger partial charge is 0.0493 e. The van der Waals surface area contributed by atoms with Crippen LogP contribution < -0.4 is 0 Å². The Morgan fingerprint density at radius 1 is 1.40 bits per heavy atom. The van der Waals surface area contributed by atoms with Crippen LogP contribution in [0.15, 0.2) is 12.2 Å². The number of hydrogen-bond donors (Lipinski definition) is 1. The van der Waals surface area contributed by atoms with Crippen molar-refractivity contribution in [2.45, 2.75) is 47.0 Å². The van der Waals surface area contributed by atoms with Gasteiger partial charge in [-0.15, -0.1) is 0 Å². The van der Waals surface area contributed by atoms with Gasteiger partial charge in [-0.2, -0.15) is 0 Å². The number of hydrogen-bond acceptors (Lipinski definition) is 1. The van der Waals surface area contributed by atoms with Crippen molar-refractivity contribution in [1.82, 2.24) is 0 Å². The summed E-state index contributed by atoms with van der Waals surface area (Å²) in [4.78, 5) is 0. The summed E-state index contributed by atoms with van der Waals surface area (Å²) >= 11 is 0. The first kappa shape index (κ1) is 12.8. The molecule has 1 aliphatic rings. The van der Waals surface area contributed by atoms with E-state index in [0.29, 0.717) is 17.3 Å². The van der Waals surface area contributed by atoms with E-state index in [1.165, 1.54) is 12.8 Å². The third-order valence-electron chi connectivity index (χ3n) is 4.51. The van der Waals surface area contributed by atoms with Gasteiger partial charge in [-0.05, 0) is 42.4 Å². The lowest BCUT2D eigenvalue weighted by Crippen LogP contribution is -2.22. The standard InChI is InChI=1S/C14H26O/c1-5-12(10-15)7-9-13-8-6-11(2)14(13,3)4/h7,9,11-13,15H,5-6,8,10H2,1-4H3. The van der Waals surface area contributed by atoms with Gasteiger partial charge in [-0.1, -0.05) is 39.8 Å². The lowest BCUT2D eigenvalue weighted by Gasteiger charge is -2.29. The molecule has 0 aromatic carbocycles. The summed E-state index contributed by atoms with van der Waals surface area (Å²) in [6.45, 7) is 9.53. The second kappa shape index (κ2) is 5.16. The first-order chi connectivity index (χ1) is 7.02. The Morgan fingerprint density at radius 2 is 2.07 bits per heavy atom. The lowest BCUT2D eigenvalue weighted by molar-refractivity contribution is 0.228. The van der Waals surface area contributed by atoms with Crippen molar-refractivity contribution in [1.29, 1.82) is 0 Å². The van der Waals surface area contributed by atoms with Gasteiger partial charge in [-0.25, -0.2) is 0 Å².